The lowest BCUT2D eigenvalue weighted by Gasteiger charge is -2.17. The van der Waals surface area contributed by atoms with Crippen molar-refractivity contribution in [2.75, 3.05) is 6.54 Å². The Hall–Kier alpha value is -0.890. The number of benzene rings is 1. The Balaban J connectivity index is 2.17. The van der Waals surface area contributed by atoms with Gasteiger partial charge in [0, 0.05) is 11.1 Å². The largest absolute Gasteiger partial charge is 0.307 e. The first-order valence-electron chi connectivity index (χ1n) is 5.35. The summed E-state index contributed by atoms with van der Waals surface area (Å²) >= 11 is 0. The zero-order valence-electron chi connectivity index (χ0n) is 8.15. The number of rotatable bonds is 0. The number of fused-ring (bicyclic) bond motifs is 2. The molecule has 0 radical (unpaired) electrons. The standard InChI is InChI=1S/C12H14FN/c13-10-5-1-3-9-4-2-8-14-12(6-7-12)11(9)10/h1,3,5,14H,2,4,6-8H2. The van der Waals surface area contributed by atoms with E-state index in [1.54, 1.807) is 6.07 Å². The zero-order chi connectivity index (χ0) is 9.60. The van der Waals surface area contributed by atoms with E-state index in [2.05, 4.69) is 11.4 Å². The van der Waals surface area contributed by atoms with Crippen LogP contribution in [-0.2, 0) is 12.0 Å². The lowest BCUT2D eigenvalue weighted by atomic mass is 9.97. The van der Waals surface area contributed by atoms with Gasteiger partial charge in [-0.15, -0.1) is 0 Å². The molecule has 2 aliphatic rings. The minimum absolute atomic E-state index is 0.0111. The molecular weight excluding hydrogens is 177 g/mol. The van der Waals surface area contributed by atoms with E-state index in [9.17, 15) is 4.39 Å². The molecular formula is C12H14FN. The van der Waals surface area contributed by atoms with Gasteiger partial charge in [0.05, 0.1) is 0 Å². The highest BCUT2D eigenvalue weighted by molar-refractivity contribution is 5.40. The highest BCUT2D eigenvalue weighted by Gasteiger charge is 2.47. The average Bonchev–Trinajstić information content (AvgIpc) is 2.96. The summed E-state index contributed by atoms with van der Waals surface area (Å²) in [7, 11) is 0. The highest BCUT2D eigenvalue weighted by atomic mass is 19.1. The van der Waals surface area contributed by atoms with Crippen LogP contribution in [-0.4, -0.2) is 6.54 Å². The number of halogens is 1. The molecule has 0 bridgehead atoms. The highest BCUT2D eigenvalue weighted by Crippen LogP contribution is 2.48. The Morgan fingerprint density at radius 2 is 2.14 bits per heavy atom. The molecule has 0 saturated heterocycles. The third-order valence-corrected chi connectivity index (χ3v) is 3.41. The van der Waals surface area contributed by atoms with Crippen molar-refractivity contribution in [3.63, 3.8) is 0 Å². The van der Waals surface area contributed by atoms with Gasteiger partial charge in [-0.25, -0.2) is 4.39 Å². The number of hydrogen-bond donors (Lipinski definition) is 1. The van der Waals surface area contributed by atoms with Crippen molar-refractivity contribution in [1.82, 2.24) is 5.32 Å². The molecule has 0 atom stereocenters. The van der Waals surface area contributed by atoms with Gasteiger partial charge in [0.2, 0.25) is 0 Å². The molecule has 0 aromatic heterocycles. The van der Waals surface area contributed by atoms with Gasteiger partial charge in [0.1, 0.15) is 5.82 Å². The van der Waals surface area contributed by atoms with E-state index in [4.69, 9.17) is 0 Å². The Morgan fingerprint density at radius 1 is 1.29 bits per heavy atom. The fourth-order valence-electron chi connectivity index (χ4n) is 2.56. The minimum Gasteiger partial charge on any atom is -0.307 e. The fraction of sp³-hybridized carbons (Fsp3) is 0.500. The van der Waals surface area contributed by atoms with Crippen LogP contribution >= 0.6 is 0 Å². The quantitative estimate of drug-likeness (QED) is 0.663. The molecule has 1 N–H and O–H groups in total. The third-order valence-electron chi connectivity index (χ3n) is 3.41. The molecule has 1 aliphatic heterocycles. The first-order chi connectivity index (χ1) is 6.82. The van der Waals surface area contributed by atoms with Crippen LogP contribution in [0.5, 0.6) is 0 Å². The normalized spacial score (nSPS) is 22.9. The second kappa shape index (κ2) is 2.80. The number of hydrogen-bond acceptors (Lipinski definition) is 1. The molecule has 1 spiro atoms. The summed E-state index contributed by atoms with van der Waals surface area (Å²) in [6.45, 7) is 1.02. The molecule has 1 aromatic rings. The molecule has 3 rings (SSSR count). The summed E-state index contributed by atoms with van der Waals surface area (Å²) in [5.41, 5.74) is 2.18. The Bertz CT molecular complexity index is 369. The van der Waals surface area contributed by atoms with Crippen molar-refractivity contribution < 1.29 is 4.39 Å². The second-order valence-electron chi connectivity index (χ2n) is 4.39. The molecule has 14 heavy (non-hydrogen) atoms. The average molecular weight is 191 g/mol. The smallest absolute Gasteiger partial charge is 0.128 e. The lowest BCUT2D eigenvalue weighted by molar-refractivity contribution is 0.497. The molecule has 0 amide bonds. The molecule has 1 nitrogen and oxygen atoms in total. The van der Waals surface area contributed by atoms with Crippen LogP contribution in [0.4, 0.5) is 4.39 Å². The summed E-state index contributed by atoms with van der Waals surface area (Å²) in [5.74, 6) is -0.0191. The molecule has 74 valence electrons. The molecule has 1 aliphatic carbocycles. The molecule has 1 heterocycles. The molecule has 1 aromatic carbocycles. The molecule has 0 unspecified atom stereocenters. The van der Waals surface area contributed by atoms with Crippen LogP contribution in [0.1, 0.15) is 30.4 Å². The van der Waals surface area contributed by atoms with Crippen LogP contribution in [0.2, 0.25) is 0 Å². The van der Waals surface area contributed by atoms with Gasteiger partial charge < -0.3 is 5.32 Å². The van der Waals surface area contributed by atoms with E-state index >= 15 is 0 Å². The SMILES string of the molecule is Fc1cccc2c1C1(CC1)NCCC2. The fourth-order valence-corrected chi connectivity index (χ4v) is 2.56. The van der Waals surface area contributed by atoms with Crippen LogP contribution < -0.4 is 5.32 Å². The van der Waals surface area contributed by atoms with E-state index in [0.717, 1.165) is 37.8 Å². The van der Waals surface area contributed by atoms with Crippen molar-refractivity contribution >= 4 is 0 Å². The summed E-state index contributed by atoms with van der Waals surface area (Å²) in [6.07, 6.45) is 4.34. The predicted octanol–water partition coefficient (Wildman–Crippen LogP) is 2.35. The predicted molar refractivity (Wildman–Crippen MR) is 53.6 cm³/mol. The van der Waals surface area contributed by atoms with Crippen molar-refractivity contribution in [3.05, 3.63) is 35.1 Å². The maximum Gasteiger partial charge on any atom is 0.128 e. The minimum atomic E-state index is -0.0191. The first kappa shape index (κ1) is 8.42. The van der Waals surface area contributed by atoms with Gasteiger partial charge in [0.25, 0.3) is 0 Å². The molecule has 1 fully saturated rings. The Kier molecular flexibility index (Phi) is 1.68. The number of aryl methyl sites for hydroxylation is 1. The van der Waals surface area contributed by atoms with Gasteiger partial charge in [0.15, 0.2) is 0 Å². The Morgan fingerprint density at radius 3 is 2.93 bits per heavy atom. The second-order valence-corrected chi connectivity index (χ2v) is 4.39. The van der Waals surface area contributed by atoms with Gasteiger partial charge in [-0.2, -0.15) is 0 Å². The maximum absolute atomic E-state index is 13.7. The molecule has 2 heteroatoms. The topological polar surface area (TPSA) is 12.0 Å². The first-order valence-corrected chi connectivity index (χ1v) is 5.35. The summed E-state index contributed by atoms with van der Waals surface area (Å²) < 4.78 is 13.7. The monoisotopic (exact) mass is 191 g/mol. The summed E-state index contributed by atoms with van der Waals surface area (Å²) in [4.78, 5) is 0. The lowest BCUT2D eigenvalue weighted by Crippen LogP contribution is -2.29. The van der Waals surface area contributed by atoms with Gasteiger partial charge >= 0.3 is 0 Å². The van der Waals surface area contributed by atoms with Gasteiger partial charge in [-0.1, -0.05) is 12.1 Å². The van der Waals surface area contributed by atoms with E-state index in [0.29, 0.717) is 0 Å². The van der Waals surface area contributed by atoms with E-state index in [1.165, 1.54) is 5.56 Å². The van der Waals surface area contributed by atoms with Gasteiger partial charge in [-0.05, 0) is 43.9 Å². The summed E-state index contributed by atoms with van der Waals surface area (Å²) in [6, 6.07) is 5.49. The van der Waals surface area contributed by atoms with E-state index in [1.807, 2.05) is 6.07 Å². The third kappa shape index (κ3) is 1.10. The summed E-state index contributed by atoms with van der Waals surface area (Å²) in [5, 5.41) is 3.49. The maximum atomic E-state index is 13.7. The van der Waals surface area contributed by atoms with Crippen molar-refractivity contribution in [3.8, 4) is 0 Å². The van der Waals surface area contributed by atoms with Crippen molar-refractivity contribution in [1.29, 1.82) is 0 Å². The van der Waals surface area contributed by atoms with Gasteiger partial charge in [-0.3, -0.25) is 0 Å². The zero-order valence-corrected chi connectivity index (χ0v) is 8.15. The molecule has 1 saturated carbocycles. The van der Waals surface area contributed by atoms with Crippen LogP contribution in [0, 0.1) is 5.82 Å². The van der Waals surface area contributed by atoms with Crippen molar-refractivity contribution in [2.24, 2.45) is 0 Å². The van der Waals surface area contributed by atoms with Crippen LogP contribution in [0.15, 0.2) is 18.2 Å². The van der Waals surface area contributed by atoms with Crippen LogP contribution in [0.25, 0.3) is 0 Å². The van der Waals surface area contributed by atoms with E-state index in [-0.39, 0.29) is 11.4 Å². The van der Waals surface area contributed by atoms with Crippen LogP contribution in [0.3, 0.4) is 0 Å². The van der Waals surface area contributed by atoms with Crippen molar-refractivity contribution in [2.45, 2.75) is 31.2 Å². The Labute approximate surface area is 83.3 Å². The number of nitrogens with one attached hydrogen (secondary N) is 1. The van der Waals surface area contributed by atoms with E-state index < -0.39 is 0 Å².